The number of rotatable bonds is 23. The topological polar surface area (TPSA) is 347 Å². The molecule has 0 aliphatic carbocycles. The third kappa shape index (κ3) is 28.5. The Balaban J connectivity index is 2.04. The molecule has 0 saturated carbocycles. The molecule has 7 N–H and O–H groups in total. The van der Waals surface area contributed by atoms with Crippen LogP contribution >= 0.6 is 0 Å². The highest BCUT2D eigenvalue weighted by Gasteiger charge is 2.44. The van der Waals surface area contributed by atoms with Gasteiger partial charge in [-0.25, -0.2) is 0 Å². The van der Waals surface area contributed by atoms with Crippen LogP contribution < -0.4 is 26.6 Å². The van der Waals surface area contributed by atoms with Gasteiger partial charge in [0.1, 0.15) is 60.4 Å². The highest BCUT2D eigenvalue weighted by Crippen LogP contribution is 2.24. The molecule has 11 atom stereocenters. The maximum Gasteiger partial charge on any atom is 0.248 e. The molecule has 2 aliphatic rings. The first-order valence-electron chi connectivity index (χ1n) is 38.2. The van der Waals surface area contributed by atoms with Crippen LogP contribution in [0.4, 0.5) is 0 Å². The third-order valence-corrected chi connectivity index (χ3v) is 19.5. The molecule has 107 heavy (non-hydrogen) atoms. The Bertz CT molecular complexity index is 3250. The largest absolute Gasteiger partial charge is 0.396 e. The first-order valence-corrected chi connectivity index (χ1v) is 38.2. The van der Waals surface area contributed by atoms with E-state index in [1.807, 2.05) is 34.6 Å². The first kappa shape index (κ1) is 91.3. The number of likely N-dealkylation sites (N-methyl/N-ethyl adjacent to an activating group) is 5. The molecule has 4 rings (SSSR count). The number of likely N-dealkylation sites (tertiary alicyclic amines) is 1. The number of unbranched alkanes of at least 4 members (excludes halogenated alkanes) is 1. The van der Waals surface area contributed by atoms with Crippen molar-refractivity contribution in [3.63, 3.8) is 0 Å². The Morgan fingerprint density at radius 3 is 1.45 bits per heavy atom. The predicted octanol–water partition coefficient (Wildman–Crippen LogP) is 3.85. The van der Waals surface area contributed by atoms with Gasteiger partial charge in [0.25, 0.3) is 0 Å². The van der Waals surface area contributed by atoms with Crippen LogP contribution in [0.2, 0.25) is 0 Å². The van der Waals surface area contributed by atoms with E-state index in [9.17, 15) is 24.6 Å². The summed E-state index contributed by atoms with van der Waals surface area (Å²) in [4.78, 5) is 191. The average molecular weight is 1500 g/mol. The number of nitrogens with one attached hydrogen (secondary N) is 5. The Morgan fingerprint density at radius 1 is 0.533 bits per heavy atom. The molecular formula is C79H128N12O16. The van der Waals surface area contributed by atoms with E-state index < -0.39 is 175 Å². The van der Waals surface area contributed by atoms with Gasteiger partial charge in [-0.05, 0) is 108 Å². The maximum absolute atomic E-state index is 15.7. The lowest BCUT2D eigenvalue weighted by Crippen LogP contribution is -2.62. The molecule has 2 aromatic rings. The van der Waals surface area contributed by atoms with Gasteiger partial charge >= 0.3 is 0 Å². The SMILES string of the molecule is CCCCN1CC(=O)N(C)[C@@H](CC(C)C)C(=O)N[C@@H](COC(C)(C)C)C(=O)N(C)[C@@H](Cc2ccccc2)C(=O)N(C)[C@@H](CC(C)C)C(=O)N[C@H](C(=O)N2CCCCC2)CC(=O)N[C@H](CC)C(=O)N(C)[C@@H](Cc2ccccc2)C(=O)N[C@@H](COCC(C)(C)CO)C(=O)N(C)[C@@H](CC(C)C)C(=O)N[C@@H]([C@@H](C)O)C1=O. The van der Waals surface area contributed by atoms with Crippen molar-refractivity contribution >= 4 is 70.9 Å². The summed E-state index contributed by atoms with van der Waals surface area (Å²) in [6, 6.07) is 3.21. The Labute approximate surface area is 635 Å². The van der Waals surface area contributed by atoms with E-state index in [-0.39, 0.29) is 76.0 Å². The van der Waals surface area contributed by atoms with E-state index in [2.05, 4.69) is 26.6 Å². The molecule has 2 heterocycles. The molecule has 0 bridgehead atoms. The van der Waals surface area contributed by atoms with Gasteiger partial charge in [-0.2, -0.15) is 0 Å². The van der Waals surface area contributed by atoms with Crippen LogP contribution in [0.5, 0.6) is 0 Å². The minimum absolute atomic E-state index is 0.0129. The summed E-state index contributed by atoms with van der Waals surface area (Å²) in [6.45, 7) is 23.1. The standard InChI is InChI=1S/C79H128N12O16/c1-20-22-36-91-45-66(95)85(15)60(39-50(3)4)68(96)83-59(47-107-78(10,11)12)74(102)89(19)64(43-55-34-28-24-29-35-55)76(104)88(18)61(40-51(5)6)69(97)81-57(75(103)90-37-30-25-31-38-90)44-65(94)80-56(21-2)72(100)87(17)63(42-54-32-26-23-27-33-54)70(98)82-58(46-106-49-79(13,14)48-92)73(101)86(16)62(41-52(7)8)71(99)84-67(53(9)93)77(91)105/h23-24,26-29,32-35,50-53,56-64,67,92-93H,20-22,25,30-31,36-49H2,1-19H3,(H,80,94)(H,81,97)(H,82,98)(H,83,96)(H,84,99)/t53-,56-,57+,58+,59+,60+,61+,62+,63+,64+,67+/m1/s1. The fourth-order valence-corrected chi connectivity index (χ4v) is 12.9. The minimum atomic E-state index is -1.71. The molecule has 2 aliphatic heterocycles. The van der Waals surface area contributed by atoms with Crippen molar-refractivity contribution in [3.8, 4) is 0 Å². The summed E-state index contributed by atoms with van der Waals surface area (Å²) >= 11 is 0. The average Bonchev–Trinajstić information content (AvgIpc) is 0.822. The van der Waals surface area contributed by atoms with Gasteiger partial charge in [-0.1, -0.05) is 136 Å². The van der Waals surface area contributed by atoms with E-state index >= 15 is 43.2 Å². The number of benzene rings is 2. The highest BCUT2D eigenvalue weighted by molar-refractivity contribution is 6.00. The third-order valence-electron chi connectivity index (χ3n) is 19.5. The molecule has 2 saturated heterocycles. The van der Waals surface area contributed by atoms with Crippen molar-refractivity contribution < 1.29 is 77.2 Å². The molecule has 0 radical (unpaired) electrons. The smallest absolute Gasteiger partial charge is 0.248 e. The normalized spacial score (nSPS) is 24.4. The maximum atomic E-state index is 15.7. The number of aliphatic hydroxyl groups is 2. The summed E-state index contributed by atoms with van der Waals surface area (Å²) in [7, 11) is 6.93. The Kier molecular flexibility index (Phi) is 36.9. The highest BCUT2D eigenvalue weighted by atomic mass is 16.5. The molecule has 600 valence electrons. The number of carbonyl (C=O) groups is 12. The molecule has 0 unspecified atom stereocenters. The van der Waals surface area contributed by atoms with Gasteiger partial charge in [0.15, 0.2) is 0 Å². The van der Waals surface area contributed by atoms with Gasteiger partial charge in [-0.3, -0.25) is 57.5 Å². The van der Waals surface area contributed by atoms with Gasteiger partial charge in [0.2, 0.25) is 70.9 Å². The van der Waals surface area contributed by atoms with Crippen molar-refractivity contribution in [3.05, 3.63) is 71.8 Å². The zero-order chi connectivity index (χ0) is 80.4. The minimum Gasteiger partial charge on any atom is -0.396 e. The number of hydrogen-bond donors (Lipinski definition) is 7. The lowest BCUT2D eigenvalue weighted by atomic mass is 9.96. The van der Waals surface area contributed by atoms with Crippen molar-refractivity contribution in [2.24, 2.45) is 23.2 Å². The Morgan fingerprint density at radius 2 is 0.972 bits per heavy atom. The van der Waals surface area contributed by atoms with E-state index in [1.165, 1.54) is 61.8 Å². The van der Waals surface area contributed by atoms with E-state index in [4.69, 9.17) is 9.47 Å². The molecule has 28 nitrogen and oxygen atoms in total. The fraction of sp³-hybridized carbons (Fsp3) is 0.696. The second-order valence-electron chi connectivity index (χ2n) is 32.1. The van der Waals surface area contributed by atoms with Crippen LogP contribution in [-0.2, 0) is 79.8 Å². The lowest BCUT2D eigenvalue weighted by molar-refractivity contribution is -0.152. The molecule has 0 aromatic heterocycles. The molecule has 2 fully saturated rings. The number of hydrogen-bond acceptors (Lipinski definition) is 16. The van der Waals surface area contributed by atoms with E-state index in [0.29, 0.717) is 49.9 Å². The van der Waals surface area contributed by atoms with Crippen LogP contribution in [0.3, 0.4) is 0 Å². The molecule has 0 spiro atoms. The van der Waals surface area contributed by atoms with Gasteiger partial charge in [-0.15, -0.1) is 0 Å². The van der Waals surface area contributed by atoms with Crippen molar-refractivity contribution in [1.82, 2.24) is 60.9 Å². The fourth-order valence-electron chi connectivity index (χ4n) is 12.9. The molecule has 28 heteroatoms. The zero-order valence-electron chi connectivity index (χ0n) is 67.2. The number of carbonyl (C=O) groups excluding carboxylic acids is 12. The zero-order valence-corrected chi connectivity index (χ0v) is 67.2. The lowest BCUT2D eigenvalue weighted by Gasteiger charge is -2.38. The quantitative estimate of drug-likeness (QED) is 0.0831. The van der Waals surface area contributed by atoms with Crippen LogP contribution in [0.15, 0.2) is 60.7 Å². The second kappa shape index (κ2) is 43.2. The molecular weight excluding hydrogens is 1370 g/mol. The van der Waals surface area contributed by atoms with Crippen LogP contribution in [0.1, 0.15) is 172 Å². The molecule has 2 aromatic carbocycles. The number of ether oxygens (including phenoxy) is 2. The van der Waals surface area contributed by atoms with Crippen LogP contribution in [0.25, 0.3) is 0 Å². The van der Waals surface area contributed by atoms with E-state index in [0.717, 1.165) is 16.2 Å². The Hall–Kier alpha value is -8.08. The number of aliphatic hydroxyl groups excluding tert-OH is 2. The summed E-state index contributed by atoms with van der Waals surface area (Å²) < 4.78 is 12.3. The first-order chi connectivity index (χ1) is 50.2. The van der Waals surface area contributed by atoms with Crippen molar-refractivity contribution in [2.75, 3.05) is 87.8 Å². The van der Waals surface area contributed by atoms with Crippen LogP contribution in [-0.4, -0.2) is 275 Å². The summed E-state index contributed by atoms with van der Waals surface area (Å²) in [5.41, 5.74) is -0.471. The van der Waals surface area contributed by atoms with Gasteiger partial charge < -0.3 is 80.6 Å². The van der Waals surface area contributed by atoms with Crippen LogP contribution in [0, 0.1) is 23.2 Å². The second-order valence-corrected chi connectivity index (χ2v) is 32.1. The van der Waals surface area contributed by atoms with E-state index in [1.54, 1.807) is 121 Å². The van der Waals surface area contributed by atoms with Crippen molar-refractivity contribution in [1.29, 1.82) is 0 Å². The summed E-state index contributed by atoms with van der Waals surface area (Å²) in [5, 5.41) is 35.7. The van der Waals surface area contributed by atoms with Gasteiger partial charge in [0.05, 0.1) is 51.1 Å². The number of amides is 12. The number of nitrogens with zero attached hydrogens (tertiary/aromatic N) is 7. The summed E-state index contributed by atoms with van der Waals surface area (Å²) in [6.07, 6.45) is 0.657. The molecule has 12 amide bonds. The summed E-state index contributed by atoms with van der Waals surface area (Å²) in [5.74, 6) is -10.1. The number of piperidine rings is 1. The van der Waals surface area contributed by atoms with Gasteiger partial charge in [0, 0.05) is 73.1 Å². The monoisotopic (exact) mass is 1500 g/mol. The predicted molar refractivity (Wildman–Crippen MR) is 407 cm³/mol. The van der Waals surface area contributed by atoms with Crippen molar-refractivity contribution in [2.45, 2.75) is 246 Å².